The highest BCUT2D eigenvalue weighted by molar-refractivity contribution is 6.34. The molecule has 0 spiro atoms. The van der Waals surface area contributed by atoms with Crippen molar-refractivity contribution in [3.05, 3.63) is 22.7 Å². The first-order valence-corrected chi connectivity index (χ1v) is 6.16. The van der Waals surface area contributed by atoms with Gasteiger partial charge in [0.1, 0.15) is 0 Å². The van der Waals surface area contributed by atoms with Gasteiger partial charge in [0.2, 0.25) is 0 Å². The molecule has 0 radical (unpaired) electrons. The molecule has 0 saturated heterocycles. The highest BCUT2D eigenvalue weighted by atomic mass is 35.5. The van der Waals surface area contributed by atoms with E-state index >= 15 is 0 Å². The maximum absolute atomic E-state index is 6.40. The highest BCUT2D eigenvalue weighted by Gasteiger charge is 2.22. The van der Waals surface area contributed by atoms with Crippen LogP contribution in [0.25, 0.3) is 11.3 Å². The Bertz CT molecular complexity index is 596. The molecule has 0 aliphatic rings. The van der Waals surface area contributed by atoms with Crippen LogP contribution in [0.1, 0.15) is 12.5 Å². The van der Waals surface area contributed by atoms with Crippen molar-refractivity contribution in [1.29, 1.82) is 0 Å². The van der Waals surface area contributed by atoms with Gasteiger partial charge < -0.3 is 19.7 Å². The van der Waals surface area contributed by atoms with Crippen molar-refractivity contribution in [3.8, 4) is 22.8 Å². The Hall–Kier alpha value is -1.88. The molecule has 0 aliphatic carbocycles. The standard InChI is InChI=1S/C13H15ClN2O3/c1-4-7-5-9(17-2)13(18-3)11(12(7)14)8-6-10(15)16-19-8/h5-6H,4H2,1-3H3,(H2,15,16). The van der Waals surface area contributed by atoms with Crippen LogP contribution in [0.15, 0.2) is 16.7 Å². The first kappa shape index (κ1) is 13.5. The predicted molar refractivity (Wildman–Crippen MR) is 73.8 cm³/mol. The van der Waals surface area contributed by atoms with Gasteiger partial charge in [-0.15, -0.1) is 0 Å². The predicted octanol–water partition coefficient (Wildman–Crippen LogP) is 3.16. The zero-order valence-corrected chi connectivity index (χ0v) is 11.7. The molecule has 0 fully saturated rings. The van der Waals surface area contributed by atoms with Crippen LogP contribution in [0.5, 0.6) is 11.5 Å². The lowest BCUT2D eigenvalue weighted by atomic mass is 10.0. The first-order valence-electron chi connectivity index (χ1n) is 5.78. The van der Waals surface area contributed by atoms with Crippen LogP contribution in [0.2, 0.25) is 5.02 Å². The van der Waals surface area contributed by atoms with Gasteiger partial charge in [-0.25, -0.2) is 0 Å². The van der Waals surface area contributed by atoms with Crippen LogP contribution in [-0.2, 0) is 6.42 Å². The third-order valence-electron chi connectivity index (χ3n) is 2.84. The quantitative estimate of drug-likeness (QED) is 0.933. The van der Waals surface area contributed by atoms with E-state index in [-0.39, 0.29) is 5.82 Å². The van der Waals surface area contributed by atoms with Crippen molar-refractivity contribution >= 4 is 17.4 Å². The smallest absolute Gasteiger partial charge is 0.174 e. The van der Waals surface area contributed by atoms with E-state index < -0.39 is 0 Å². The summed E-state index contributed by atoms with van der Waals surface area (Å²) in [6, 6.07) is 3.45. The van der Waals surface area contributed by atoms with Gasteiger partial charge >= 0.3 is 0 Å². The van der Waals surface area contributed by atoms with Crippen LogP contribution < -0.4 is 15.2 Å². The number of benzene rings is 1. The number of methoxy groups -OCH3 is 2. The Labute approximate surface area is 116 Å². The van der Waals surface area contributed by atoms with E-state index in [2.05, 4.69) is 5.16 Å². The number of hydrogen-bond acceptors (Lipinski definition) is 5. The molecule has 5 nitrogen and oxygen atoms in total. The molecular formula is C13H15ClN2O3. The Balaban J connectivity index is 2.75. The second kappa shape index (κ2) is 5.40. The van der Waals surface area contributed by atoms with Crippen LogP contribution >= 0.6 is 11.6 Å². The van der Waals surface area contributed by atoms with Gasteiger partial charge in [0.05, 0.1) is 24.8 Å². The third-order valence-corrected chi connectivity index (χ3v) is 3.27. The average molecular weight is 283 g/mol. The molecule has 1 aromatic heterocycles. The Morgan fingerprint density at radius 2 is 2.05 bits per heavy atom. The summed E-state index contributed by atoms with van der Waals surface area (Å²) in [5.74, 6) is 1.83. The zero-order valence-electron chi connectivity index (χ0n) is 11.0. The van der Waals surface area contributed by atoms with Gasteiger partial charge in [-0.2, -0.15) is 0 Å². The lowest BCUT2D eigenvalue weighted by Crippen LogP contribution is -1.97. The minimum atomic E-state index is 0.286. The van der Waals surface area contributed by atoms with Crippen molar-refractivity contribution < 1.29 is 14.0 Å². The fourth-order valence-corrected chi connectivity index (χ4v) is 2.28. The number of nitrogen functional groups attached to an aromatic ring is 1. The fraction of sp³-hybridized carbons (Fsp3) is 0.308. The van der Waals surface area contributed by atoms with E-state index in [9.17, 15) is 0 Å². The zero-order chi connectivity index (χ0) is 14.0. The SMILES string of the molecule is CCc1cc(OC)c(OC)c(-c2cc(N)no2)c1Cl. The number of nitrogens with two attached hydrogens (primary N) is 1. The van der Waals surface area contributed by atoms with E-state index in [4.69, 9.17) is 31.3 Å². The monoisotopic (exact) mass is 282 g/mol. The van der Waals surface area contributed by atoms with Crippen LogP contribution in [0, 0.1) is 0 Å². The van der Waals surface area contributed by atoms with E-state index in [0.717, 1.165) is 12.0 Å². The van der Waals surface area contributed by atoms with E-state index in [1.807, 2.05) is 13.0 Å². The normalized spacial score (nSPS) is 10.5. The van der Waals surface area contributed by atoms with Gasteiger partial charge in [0.15, 0.2) is 23.1 Å². The molecule has 0 unspecified atom stereocenters. The van der Waals surface area contributed by atoms with Crippen molar-refractivity contribution in [2.75, 3.05) is 20.0 Å². The number of nitrogens with zero attached hydrogens (tertiary/aromatic N) is 1. The summed E-state index contributed by atoms with van der Waals surface area (Å²) in [4.78, 5) is 0. The average Bonchev–Trinajstić information content (AvgIpc) is 2.84. The van der Waals surface area contributed by atoms with E-state index in [1.54, 1.807) is 20.3 Å². The van der Waals surface area contributed by atoms with E-state index in [1.165, 1.54) is 0 Å². The largest absolute Gasteiger partial charge is 0.493 e. The summed E-state index contributed by atoms with van der Waals surface area (Å²) in [5.41, 5.74) is 7.11. The van der Waals surface area contributed by atoms with Gasteiger partial charge in [-0.3, -0.25) is 0 Å². The molecule has 0 saturated carbocycles. The fourth-order valence-electron chi connectivity index (χ4n) is 1.91. The van der Waals surface area contributed by atoms with Gasteiger partial charge in [0, 0.05) is 6.07 Å². The topological polar surface area (TPSA) is 70.5 Å². The van der Waals surface area contributed by atoms with Crippen LogP contribution in [0.4, 0.5) is 5.82 Å². The number of ether oxygens (including phenoxy) is 2. The molecule has 1 heterocycles. The van der Waals surface area contributed by atoms with Crippen molar-refractivity contribution in [2.24, 2.45) is 0 Å². The summed E-state index contributed by atoms with van der Waals surface area (Å²) >= 11 is 6.40. The van der Waals surface area contributed by atoms with Crippen molar-refractivity contribution in [1.82, 2.24) is 5.16 Å². The molecule has 1 aromatic carbocycles. The number of anilines is 1. The first-order chi connectivity index (χ1) is 9.12. The summed E-state index contributed by atoms with van der Waals surface area (Å²) in [7, 11) is 3.12. The maximum atomic E-state index is 6.40. The Morgan fingerprint density at radius 3 is 2.53 bits per heavy atom. The molecule has 0 atom stereocenters. The molecule has 6 heteroatoms. The maximum Gasteiger partial charge on any atom is 0.174 e. The number of aryl methyl sites for hydroxylation is 1. The lowest BCUT2D eigenvalue weighted by molar-refractivity contribution is 0.353. The van der Waals surface area contributed by atoms with Crippen molar-refractivity contribution in [3.63, 3.8) is 0 Å². The molecule has 2 aromatic rings. The second-order valence-electron chi connectivity index (χ2n) is 3.93. The molecular weight excluding hydrogens is 268 g/mol. The molecule has 2 rings (SSSR count). The number of aromatic nitrogens is 1. The molecule has 102 valence electrons. The number of halogens is 1. The van der Waals surface area contributed by atoms with Crippen LogP contribution in [-0.4, -0.2) is 19.4 Å². The summed E-state index contributed by atoms with van der Waals surface area (Å²) in [6.07, 6.45) is 0.760. The van der Waals surface area contributed by atoms with Crippen LogP contribution in [0.3, 0.4) is 0 Å². The highest BCUT2D eigenvalue weighted by Crippen LogP contribution is 2.45. The van der Waals surface area contributed by atoms with Gasteiger partial charge in [-0.05, 0) is 18.1 Å². The molecule has 0 aliphatic heterocycles. The summed E-state index contributed by atoms with van der Waals surface area (Å²) < 4.78 is 15.9. The molecule has 2 N–H and O–H groups in total. The minimum absolute atomic E-state index is 0.286. The molecule has 19 heavy (non-hydrogen) atoms. The third kappa shape index (κ3) is 2.33. The van der Waals surface area contributed by atoms with Gasteiger partial charge in [0.25, 0.3) is 0 Å². The summed E-state index contributed by atoms with van der Waals surface area (Å²) in [6.45, 7) is 2.01. The molecule has 0 bridgehead atoms. The lowest BCUT2D eigenvalue weighted by Gasteiger charge is -2.15. The minimum Gasteiger partial charge on any atom is -0.493 e. The Kier molecular flexibility index (Phi) is 3.85. The van der Waals surface area contributed by atoms with Crippen molar-refractivity contribution in [2.45, 2.75) is 13.3 Å². The van der Waals surface area contributed by atoms with E-state index in [0.29, 0.717) is 27.8 Å². The second-order valence-corrected chi connectivity index (χ2v) is 4.31. The number of hydrogen-bond donors (Lipinski definition) is 1. The van der Waals surface area contributed by atoms with Gasteiger partial charge in [-0.1, -0.05) is 23.7 Å². The molecule has 0 amide bonds. The number of rotatable bonds is 4. The summed E-state index contributed by atoms with van der Waals surface area (Å²) in [5, 5.41) is 4.22. The Morgan fingerprint density at radius 1 is 1.32 bits per heavy atom.